The van der Waals surface area contributed by atoms with Crippen LogP contribution in [-0.2, 0) is 16.1 Å². The quantitative estimate of drug-likeness (QED) is 0.692. The minimum atomic E-state index is -0.135. The van der Waals surface area contributed by atoms with Crippen LogP contribution in [0.5, 0.6) is 0 Å². The molecule has 0 saturated heterocycles. The van der Waals surface area contributed by atoms with Crippen molar-refractivity contribution in [2.45, 2.75) is 13.5 Å². The summed E-state index contributed by atoms with van der Waals surface area (Å²) in [7, 11) is 0. The summed E-state index contributed by atoms with van der Waals surface area (Å²) in [4.78, 5) is 11.4. The van der Waals surface area contributed by atoms with Crippen LogP contribution in [0.1, 0.15) is 12.5 Å². The molecule has 0 spiro atoms. The number of hydrogen-bond donors (Lipinski definition) is 2. The Hall–Kier alpha value is -1.39. The maximum Gasteiger partial charge on any atom is 0.224 e. The molecule has 0 aliphatic rings. The van der Waals surface area contributed by atoms with E-state index in [1.54, 1.807) is 6.92 Å². The summed E-state index contributed by atoms with van der Waals surface area (Å²) in [6, 6.07) is 9.94. The molecule has 0 fully saturated rings. The van der Waals surface area contributed by atoms with Crippen molar-refractivity contribution in [3.63, 3.8) is 0 Å². The average Bonchev–Trinajstić information content (AvgIpc) is 2.38. The van der Waals surface area contributed by atoms with E-state index in [4.69, 9.17) is 10.5 Å². The second-order valence-electron chi connectivity index (χ2n) is 3.97. The summed E-state index contributed by atoms with van der Waals surface area (Å²) in [6.07, 6.45) is 0. The van der Waals surface area contributed by atoms with Gasteiger partial charge in [0.1, 0.15) is 0 Å². The van der Waals surface area contributed by atoms with Crippen LogP contribution in [0.25, 0.3) is 0 Å². The second kappa shape index (κ2) is 7.81. The van der Waals surface area contributed by atoms with Gasteiger partial charge in [-0.1, -0.05) is 37.3 Å². The minimum Gasteiger partial charge on any atom is -0.375 e. The van der Waals surface area contributed by atoms with Gasteiger partial charge in [-0.25, -0.2) is 0 Å². The van der Waals surface area contributed by atoms with E-state index in [0.29, 0.717) is 26.3 Å². The Labute approximate surface area is 102 Å². The van der Waals surface area contributed by atoms with E-state index in [-0.39, 0.29) is 11.8 Å². The molecule has 0 heterocycles. The lowest BCUT2D eigenvalue weighted by Gasteiger charge is -2.10. The standard InChI is InChI=1S/C13H20N2O2/c1-11(9-14)13(16)15-7-8-17-10-12-5-3-2-4-6-12/h2-6,11H,7-10,14H2,1H3,(H,15,16). The first-order chi connectivity index (χ1) is 8.24. The number of nitrogens with one attached hydrogen (secondary N) is 1. The Kier molecular flexibility index (Phi) is 6.29. The Balaban J connectivity index is 2.07. The van der Waals surface area contributed by atoms with E-state index in [1.165, 1.54) is 0 Å². The molecule has 17 heavy (non-hydrogen) atoms. The SMILES string of the molecule is CC(CN)C(=O)NCCOCc1ccccc1. The zero-order chi connectivity index (χ0) is 12.5. The molecule has 0 aliphatic carbocycles. The van der Waals surface area contributed by atoms with Crippen LogP contribution in [-0.4, -0.2) is 25.6 Å². The van der Waals surface area contributed by atoms with Crippen molar-refractivity contribution in [3.05, 3.63) is 35.9 Å². The molecule has 0 bridgehead atoms. The van der Waals surface area contributed by atoms with Crippen molar-refractivity contribution in [3.8, 4) is 0 Å². The highest BCUT2D eigenvalue weighted by molar-refractivity contribution is 5.78. The number of amides is 1. The minimum absolute atomic E-state index is 0.0178. The van der Waals surface area contributed by atoms with Gasteiger partial charge in [0, 0.05) is 19.0 Å². The molecule has 4 heteroatoms. The summed E-state index contributed by atoms with van der Waals surface area (Å²) in [5.74, 6) is -0.153. The maximum atomic E-state index is 11.4. The van der Waals surface area contributed by atoms with E-state index >= 15 is 0 Å². The molecule has 3 N–H and O–H groups in total. The van der Waals surface area contributed by atoms with E-state index in [9.17, 15) is 4.79 Å². The summed E-state index contributed by atoms with van der Waals surface area (Å²) in [5.41, 5.74) is 6.52. The summed E-state index contributed by atoms with van der Waals surface area (Å²) < 4.78 is 5.44. The van der Waals surface area contributed by atoms with Crippen LogP contribution < -0.4 is 11.1 Å². The Morgan fingerprint density at radius 2 is 2.12 bits per heavy atom. The molecule has 1 atom stereocenters. The number of hydrogen-bond acceptors (Lipinski definition) is 3. The van der Waals surface area contributed by atoms with Gasteiger partial charge in [-0.2, -0.15) is 0 Å². The second-order valence-corrected chi connectivity index (χ2v) is 3.97. The monoisotopic (exact) mass is 236 g/mol. The van der Waals surface area contributed by atoms with Gasteiger partial charge in [0.2, 0.25) is 5.91 Å². The van der Waals surface area contributed by atoms with Crippen molar-refractivity contribution in [2.24, 2.45) is 11.7 Å². The molecule has 0 aliphatic heterocycles. The topological polar surface area (TPSA) is 64.4 Å². The number of carbonyl (C=O) groups is 1. The molecule has 0 radical (unpaired) electrons. The third-order valence-corrected chi connectivity index (χ3v) is 2.46. The molecule has 1 unspecified atom stereocenters. The molecule has 0 aromatic heterocycles. The van der Waals surface area contributed by atoms with Crippen molar-refractivity contribution in [2.75, 3.05) is 19.7 Å². The first kappa shape index (κ1) is 13.7. The van der Waals surface area contributed by atoms with Crippen LogP contribution >= 0.6 is 0 Å². The number of rotatable bonds is 7. The van der Waals surface area contributed by atoms with Gasteiger partial charge in [-0.3, -0.25) is 4.79 Å². The van der Waals surface area contributed by atoms with Gasteiger partial charge in [0.05, 0.1) is 13.2 Å². The highest BCUT2D eigenvalue weighted by Gasteiger charge is 2.08. The highest BCUT2D eigenvalue weighted by Crippen LogP contribution is 1.99. The third kappa shape index (κ3) is 5.47. The molecular weight excluding hydrogens is 216 g/mol. The van der Waals surface area contributed by atoms with Crippen LogP contribution in [0.4, 0.5) is 0 Å². The predicted molar refractivity (Wildman–Crippen MR) is 67.3 cm³/mol. The third-order valence-electron chi connectivity index (χ3n) is 2.46. The number of nitrogens with two attached hydrogens (primary N) is 1. The Morgan fingerprint density at radius 3 is 2.76 bits per heavy atom. The fraction of sp³-hybridized carbons (Fsp3) is 0.462. The fourth-order valence-electron chi connectivity index (χ4n) is 1.29. The molecule has 1 aromatic rings. The molecule has 1 aromatic carbocycles. The Bertz CT molecular complexity index is 327. The van der Waals surface area contributed by atoms with Crippen LogP contribution in [0.2, 0.25) is 0 Å². The molecule has 1 rings (SSSR count). The fourth-order valence-corrected chi connectivity index (χ4v) is 1.29. The first-order valence-electron chi connectivity index (χ1n) is 5.83. The lowest BCUT2D eigenvalue weighted by atomic mass is 10.2. The van der Waals surface area contributed by atoms with E-state index < -0.39 is 0 Å². The van der Waals surface area contributed by atoms with Gasteiger partial charge in [0.15, 0.2) is 0 Å². The van der Waals surface area contributed by atoms with Gasteiger partial charge < -0.3 is 15.8 Å². The number of carbonyl (C=O) groups excluding carboxylic acids is 1. The molecule has 1 amide bonds. The first-order valence-corrected chi connectivity index (χ1v) is 5.83. The molecule has 0 saturated carbocycles. The highest BCUT2D eigenvalue weighted by atomic mass is 16.5. The van der Waals surface area contributed by atoms with E-state index in [0.717, 1.165) is 5.56 Å². The van der Waals surface area contributed by atoms with Gasteiger partial charge in [-0.15, -0.1) is 0 Å². The summed E-state index contributed by atoms with van der Waals surface area (Å²) in [6.45, 7) is 3.79. The van der Waals surface area contributed by atoms with Crippen molar-refractivity contribution < 1.29 is 9.53 Å². The maximum absolute atomic E-state index is 11.4. The van der Waals surface area contributed by atoms with Crippen molar-refractivity contribution in [1.82, 2.24) is 5.32 Å². The van der Waals surface area contributed by atoms with Crippen molar-refractivity contribution >= 4 is 5.91 Å². The molecule has 4 nitrogen and oxygen atoms in total. The van der Waals surface area contributed by atoms with Gasteiger partial charge >= 0.3 is 0 Å². The summed E-state index contributed by atoms with van der Waals surface area (Å²) >= 11 is 0. The lowest BCUT2D eigenvalue weighted by molar-refractivity contribution is -0.124. The number of benzene rings is 1. The zero-order valence-corrected chi connectivity index (χ0v) is 10.2. The van der Waals surface area contributed by atoms with E-state index in [1.807, 2.05) is 30.3 Å². The molecule has 94 valence electrons. The van der Waals surface area contributed by atoms with Crippen LogP contribution in [0.3, 0.4) is 0 Å². The number of ether oxygens (including phenoxy) is 1. The predicted octanol–water partition coefficient (Wildman–Crippen LogP) is 0.914. The van der Waals surface area contributed by atoms with Gasteiger partial charge in [-0.05, 0) is 5.56 Å². The van der Waals surface area contributed by atoms with E-state index in [2.05, 4.69) is 5.32 Å². The molecular formula is C13H20N2O2. The van der Waals surface area contributed by atoms with Crippen LogP contribution in [0, 0.1) is 5.92 Å². The zero-order valence-electron chi connectivity index (χ0n) is 10.2. The normalized spacial score (nSPS) is 12.1. The largest absolute Gasteiger partial charge is 0.375 e. The lowest BCUT2D eigenvalue weighted by Crippen LogP contribution is -2.35. The van der Waals surface area contributed by atoms with Gasteiger partial charge in [0.25, 0.3) is 0 Å². The Morgan fingerprint density at radius 1 is 1.41 bits per heavy atom. The average molecular weight is 236 g/mol. The smallest absolute Gasteiger partial charge is 0.224 e. The van der Waals surface area contributed by atoms with Crippen LogP contribution in [0.15, 0.2) is 30.3 Å². The van der Waals surface area contributed by atoms with Crippen molar-refractivity contribution in [1.29, 1.82) is 0 Å². The summed E-state index contributed by atoms with van der Waals surface area (Å²) in [5, 5.41) is 2.78.